The fourth-order valence-corrected chi connectivity index (χ4v) is 2.84. The highest BCUT2D eigenvalue weighted by molar-refractivity contribution is 8.01. The maximum Gasteiger partial charge on any atom is 0.321 e. The predicted octanol–water partition coefficient (Wildman–Crippen LogP) is 0.969. The highest BCUT2D eigenvalue weighted by atomic mass is 32.2. The summed E-state index contributed by atoms with van der Waals surface area (Å²) in [6.07, 6.45) is 4.45. The molecular formula is C12H22N2O3S. The second-order valence-corrected chi connectivity index (χ2v) is 6.89. The summed E-state index contributed by atoms with van der Waals surface area (Å²) >= 11 is 1.29. The number of amides is 1. The Hall–Kier alpha value is -0.750. The number of thioether (sulfide) groups is 1. The largest absolute Gasteiger partial charge is 0.480 e. The van der Waals surface area contributed by atoms with Crippen molar-refractivity contribution in [3.05, 3.63) is 0 Å². The lowest BCUT2D eigenvalue weighted by molar-refractivity contribution is -0.139. The van der Waals surface area contributed by atoms with Crippen LogP contribution in [0.2, 0.25) is 0 Å². The Balaban J connectivity index is 2.34. The van der Waals surface area contributed by atoms with E-state index in [2.05, 4.69) is 5.32 Å². The minimum atomic E-state index is -1.04. The SMILES string of the molecule is CC(C)(SCC(=O)NC1CCCC1)[C@@H](N)C(=O)O. The van der Waals surface area contributed by atoms with Crippen LogP contribution in [-0.2, 0) is 9.59 Å². The number of hydrogen-bond donors (Lipinski definition) is 3. The molecule has 1 amide bonds. The maximum absolute atomic E-state index is 11.7. The summed E-state index contributed by atoms with van der Waals surface area (Å²) in [6.45, 7) is 3.50. The Morgan fingerprint density at radius 1 is 1.44 bits per heavy atom. The third kappa shape index (κ3) is 4.49. The average Bonchev–Trinajstić information content (AvgIpc) is 2.78. The highest BCUT2D eigenvalue weighted by Crippen LogP contribution is 2.27. The first-order chi connectivity index (χ1) is 8.33. The summed E-state index contributed by atoms with van der Waals surface area (Å²) in [5.74, 6) is -0.814. The summed E-state index contributed by atoms with van der Waals surface area (Å²) in [5, 5.41) is 11.8. The van der Waals surface area contributed by atoms with Crippen LogP contribution in [0.25, 0.3) is 0 Å². The van der Waals surface area contributed by atoms with Crippen molar-refractivity contribution in [3.8, 4) is 0 Å². The number of rotatable bonds is 6. The van der Waals surface area contributed by atoms with E-state index >= 15 is 0 Å². The lowest BCUT2D eigenvalue weighted by atomic mass is 10.1. The number of nitrogens with two attached hydrogens (primary N) is 1. The molecule has 0 aliphatic heterocycles. The van der Waals surface area contributed by atoms with Crippen LogP contribution in [0.15, 0.2) is 0 Å². The summed E-state index contributed by atoms with van der Waals surface area (Å²) in [7, 11) is 0. The second kappa shape index (κ2) is 6.43. The monoisotopic (exact) mass is 274 g/mol. The Morgan fingerprint density at radius 3 is 2.50 bits per heavy atom. The molecule has 1 rings (SSSR count). The van der Waals surface area contributed by atoms with Gasteiger partial charge >= 0.3 is 5.97 Å². The fourth-order valence-electron chi connectivity index (χ4n) is 1.98. The molecule has 1 saturated carbocycles. The Morgan fingerprint density at radius 2 is 2.00 bits per heavy atom. The normalized spacial score (nSPS) is 18.6. The molecular weight excluding hydrogens is 252 g/mol. The zero-order valence-electron chi connectivity index (χ0n) is 10.9. The van der Waals surface area contributed by atoms with Crippen LogP contribution >= 0.6 is 11.8 Å². The van der Waals surface area contributed by atoms with Gasteiger partial charge in [-0.2, -0.15) is 0 Å². The third-order valence-corrected chi connectivity index (χ3v) is 4.72. The number of carboxylic acids is 1. The quantitative estimate of drug-likeness (QED) is 0.671. The van der Waals surface area contributed by atoms with E-state index in [1.165, 1.54) is 24.6 Å². The molecule has 0 radical (unpaired) electrons. The average molecular weight is 274 g/mol. The van der Waals surface area contributed by atoms with Gasteiger partial charge in [-0.05, 0) is 26.7 Å². The van der Waals surface area contributed by atoms with Crippen LogP contribution in [0.5, 0.6) is 0 Å². The van der Waals surface area contributed by atoms with Gasteiger partial charge in [0.15, 0.2) is 0 Å². The van der Waals surface area contributed by atoms with Gasteiger partial charge in [-0.1, -0.05) is 12.8 Å². The summed E-state index contributed by atoms with van der Waals surface area (Å²) in [4.78, 5) is 22.5. The molecule has 0 aromatic carbocycles. The summed E-state index contributed by atoms with van der Waals surface area (Å²) in [6, 6.07) is -0.670. The molecule has 6 heteroatoms. The lowest BCUT2D eigenvalue weighted by Crippen LogP contribution is -2.47. The maximum atomic E-state index is 11.7. The lowest BCUT2D eigenvalue weighted by Gasteiger charge is -2.27. The second-order valence-electron chi connectivity index (χ2n) is 5.26. The number of hydrogen-bond acceptors (Lipinski definition) is 4. The van der Waals surface area contributed by atoms with Crippen molar-refractivity contribution in [1.82, 2.24) is 5.32 Å². The van der Waals surface area contributed by atoms with E-state index in [0.29, 0.717) is 6.04 Å². The van der Waals surface area contributed by atoms with Crippen LogP contribution < -0.4 is 11.1 Å². The first kappa shape index (κ1) is 15.3. The molecule has 0 aromatic rings. The number of aliphatic carboxylic acids is 1. The minimum Gasteiger partial charge on any atom is -0.480 e. The van der Waals surface area contributed by atoms with E-state index in [1.807, 2.05) is 0 Å². The molecule has 0 unspecified atom stereocenters. The van der Waals surface area contributed by atoms with Crippen molar-refractivity contribution < 1.29 is 14.7 Å². The fraction of sp³-hybridized carbons (Fsp3) is 0.833. The molecule has 1 atom stereocenters. The molecule has 0 saturated heterocycles. The Bertz CT molecular complexity index is 314. The molecule has 5 nitrogen and oxygen atoms in total. The van der Waals surface area contributed by atoms with Crippen LogP contribution in [0.4, 0.5) is 0 Å². The molecule has 0 bridgehead atoms. The molecule has 18 heavy (non-hydrogen) atoms. The van der Waals surface area contributed by atoms with Crippen molar-refractivity contribution in [2.24, 2.45) is 5.73 Å². The summed E-state index contributed by atoms with van der Waals surface area (Å²) in [5.41, 5.74) is 5.59. The number of nitrogens with one attached hydrogen (secondary N) is 1. The van der Waals surface area contributed by atoms with E-state index < -0.39 is 16.8 Å². The molecule has 1 aliphatic carbocycles. The molecule has 0 spiro atoms. The molecule has 1 aliphatic rings. The Kier molecular flexibility index (Phi) is 5.47. The number of carbonyl (C=O) groups excluding carboxylic acids is 1. The number of carboxylic acid groups (broad SMARTS) is 1. The molecule has 104 valence electrons. The van der Waals surface area contributed by atoms with Crippen molar-refractivity contribution in [3.63, 3.8) is 0 Å². The van der Waals surface area contributed by atoms with Gasteiger partial charge in [0, 0.05) is 10.8 Å². The smallest absolute Gasteiger partial charge is 0.321 e. The van der Waals surface area contributed by atoms with Gasteiger partial charge in [0.2, 0.25) is 5.91 Å². The van der Waals surface area contributed by atoms with E-state index in [1.54, 1.807) is 13.8 Å². The van der Waals surface area contributed by atoms with Crippen molar-refractivity contribution in [1.29, 1.82) is 0 Å². The van der Waals surface area contributed by atoms with Gasteiger partial charge in [-0.3, -0.25) is 9.59 Å². The molecule has 4 N–H and O–H groups in total. The highest BCUT2D eigenvalue weighted by Gasteiger charge is 2.33. The van der Waals surface area contributed by atoms with Crippen LogP contribution in [0.1, 0.15) is 39.5 Å². The van der Waals surface area contributed by atoms with Gasteiger partial charge < -0.3 is 16.2 Å². The molecule has 0 aromatic heterocycles. The van der Waals surface area contributed by atoms with Crippen molar-refractivity contribution in [2.45, 2.75) is 56.4 Å². The number of carbonyl (C=O) groups is 2. The van der Waals surface area contributed by atoms with E-state index in [-0.39, 0.29) is 11.7 Å². The third-order valence-electron chi connectivity index (χ3n) is 3.31. The van der Waals surface area contributed by atoms with Gasteiger partial charge in [-0.15, -0.1) is 11.8 Å². The standard InChI is InChI=1S/C12H22N2O3S/c1-12(2,10(13)11(16)17)18-7-9(15)14-8-5-3-4-6-8/h8,10H,3-7,13H2,1-2H3,(H,14,15)(H,16,17)/t10-/m0/s1. The minimum absolute atomic E-state index is 0.0300. The van der Waals surface area contributed by atoms with Gasteiger partial charge in [0.25, 0.3) is 0 Å². The molecule has 1 fully saturated rings. The van der Waals surface area contributed by atoms with Crippen LogP contribution in [0, 0.1) is 0 Å². The summed E-state index contributed by atoms with van der Waals surface area (Å²) < 4.78 is -0.654. The van der Waals surface area contributed by atoms with E-state index in [4.69, 9.17) is 10.8 Å². The van der Waals surface area contributed by atoms with Crippen molar-refractivity contribution in [2.75, 3.05) is 5.75 Å². The van der Waals surface area contributed by atoms with Gasteiger partial charge in [0.05, 0.1) is 5.75 Å². The van der Waals surface area contributed by atoms with E-state index in [9.17, 15) is 9.59 Å². The van der Waals surface area contributed by atoms with Gasteiger partial charge in [0.1, 0.15) is 6.04 Å². The first-order valence-electron chi connectivity index (χ1n) is 6.24. The van der Waals surface area contributed by atoms with Gasteiger partial charge in [-0.25, -0.2) is 0 Å². The Labute approximate surface area is 112 Å². The molecule has 0 heterocycles. The van der Waals surface area contributed by atoms with Crippen LogP contribution in [-0.4, -0.2) is 39.6 Å². The van der Waals surface area contributed by atoms with E-state index in [0.717, 1.165) is 12.8 Å². The predicted molar refractivity (Wildman–Crippen MR) is 72.5 cm³/mol. The van der Waals surface area contributed by atoms with Crippen LogP contribution in [0.3, 0.4) is 0 Å². The van der Waals surface area contributed by atoms with Crippen molar-refractivity contribution >= 4 is 23.6 Å². The zero-order valence-corrected chi connectivity index (χ0v) is 11.8. The zero-order chi connectivity index (χ0) is 13.8. The topological polar surface area (TPSA) is 92.4 Å². The first-order valence-corrected chi connectivity index (χ1v) is 7.23.